The zero-order valence-corrected chi connectivity index (χ0v) is 16.8. The van der Waals surface area contributed by atoms with Gasteiger partial charge in [-0.3, -0.25) is 9.78 Å². The molecule has 0 bridgehead atoms. The van der Waals surface area contributed by atoms with Gasteiger partial charge < -0.3 is 4.74 Å². The SMILES string of the molecule is CCCC/C=C/C=C/C=C/CCCCCCCC(=O)OCc1cccnc1. The van der Waals surface area contributed by atoms with Crippen LogP contribution in [0.15, 0.2) is 61.0 Å². The number of esters is 1. The van der Waals surface area contributed by atoms with Gasteiger partial charge in [0.05, 0.1) is 0 Å². The number of pyridine rings is 1. The maximum Gasteiger partial charge on any atom is 0.306 e. The van der Waals surface area contributed by atoms with Crippen LogP contribution in [0.4, 0.5) is 0 Å². The molecule has 1 heterocycles. The zero-order chi connectivity index (χ0) is 19.4. The molecule has 3 heteroatoms. The van der Waals surface area contributed by atoms with Crippen molar-refractivity contribution in [2.75, 3.05) is 0 Å². The molecular weight excluding hydrogens is 334 g/mol. The Morgan fingerprint density at radius 1 is 0.963 bits per heavy atom. The summed E-state index contributed by atoms with van der Waals surface area (Å²) in [6.07, 6.45) is 27.3. The van der Waals surface area contributed by atoms with E-state index in [0.717, 1.165) is 24.8 Å². The highest BCUT2D eigenvalue weighted by Gasteiger charge is 2.03. The lowest BCUT2D eigenvalue weighted by Crippen LogP contribution is -2.04. The highest BCUT2D eigenvalue weighted by Crippen LogP contribution is 2.09. The molecule has 0 atom stereocenters. The van der Waals surface area contributed by atoms with Crippen LogP contribution in [0, 0.1) is 0 Å². The Balaban J connectivity index is 1.89. The van der Waals surface area contributed by atoms with Crippen LogP contribution in [0.5, 0.6) is 0 Å². The monoisotopic (exact) mass is 369 g/mol. The Labute approximate surface area is 165 Å². The van der Waals surface area contributed by atoms with Gasteiger partial charge in [0.1, 0.15) is 6.61 Å². The number of hydrogen-bond donors (Lipinski definition) is 0. The number of ether oxygens (including phenoxy) is 1. The predicted molar refractivity (Wildman–Crippen MR) is 113 cm³/mol. The van der Waals surface area contributed by atoms with E-state index in [1.807, 2.05) is 12.1 Å². The Kier molecular flexibility index (Phi) is 14.6. The molecule has 1 aromatic heterocycles. The largest absolute Gasteiger partial charge is 0.461 e. The minimum Gasteiger partial charge on any atom is -0.461 e. The quantitative estimate of drug-likeness (QED) is 0.196. The van der Waals surface area contributed by atoms with Crippen LogP contribution in [-0.2, 0) is 16.1 Å². The molecule has 0 aliphatic carbocycles. The van der Waals surface area contributed by atoms with E-state index in [0.29, 0.717) is 13.0 Å². The molecular formula is C24H35NO2. The van der Waals surface area contributed by atoms with Gasteiger partial charge in [-0.1, -0.05) is 81.6 Å². The van der Waals surface area contributed by atoms with Crippen molar-refractivity contribution in [3.8, 4) is 0 Å². The van der Waals surface area contributed by atoms with Crippen LogP contribution in [0.2, 0.25) is 0 Å². The van der Waals surface area contributed by atoms with E-state index in [2.05, 4.69) is 48.4 Å². The Morgan fingerprint density at radius 3 is 2.37 bits per heavy atom. The molecule has 0 radical (unpaired) electrons. The lowest BCUT2D eigenvalue weighted by Gasteiger charge is -2.04. The van der Waals surface area contributed by atoms with Crippen LogP contribution < -0.4 is 0 Å². The Hall–Kier alpha value is -2.16. The number of carbonyl (C=O) groups is 1. The zero-order valence-electron chi connectivity index (χ0n) is 16.8. The van der Waals surface area contributed by atoms with Gasteiger partial charge in [-0.15, -0.1) is 0 Å². The lowest BCUT2D eigenvalue weighted by atomic mass is 10.1. The third kappa shape index (κ3) is 14.7. The molecule has 1 aromatic rings. The summed E-state index contributed by atoms with van der Waals surface area (Å²) in [6.45, 7) is 2.54. The van der Waals surface area contributed by atoms with Crippen molar-refractivity contribution in [1.82, 2.24) is 4.98 Å². The van der Waals surface area contributed by atoms with E-state index >= 15 is 0 Å². The van der Waals surface area contributed by atoms with Crippen LogP contribution in [0.1, 0.15) is 76.7 Å². The first-order valence-electron chi connectivity index (χ1n) is 10.4. The van der Waals surface area contributed by atoms with Crippen LogP contribution in [0.25, 0.3) is 0 Å². The first-order chi connectivity index (χ1) is 13.3. The molecule has 0 saturated carbocycles. The van der Waals surface area contributed by atoms with E-state index < -0.39 is 0 Å². The predicted octanol–water partition coefficient (Wildman–Crippen LogP) is 6.71. The van der Waals surface area contributed by atoms with E-state index in [1.54, 1.807) is 12.4 Å². The number of aromatic nitrogens is 1. The summed E-state index contributed by atoms with van der Waals surface area (Å²) in [5, 5.41) is 0. The van der Waals surface area contributed by atoms with Crippen molar-refractivity contribution < 1.29 is 9.53 Å². The number of nitrogens with zero attached hydrogens (tertiary/aromatic N) is 1. The van der Waals surface area contributed by atoms with Crippen LogP contribution in [0.3, 0.4) is 0 Å². The van der Waals surface area contributed by atoms with Gasteiger partial charge in [-0.05, 0) is 31.7 Å². The standard InChI is InChI=1S/C24H35NO2/c1-2-3-4-5-6-7-8-9-10-11-12-13-14-15-16-19-24(26)27-22-23-18-17-20-25-21-23/h5-10,17-18,20-21H,2-4,11-16,19,22H2,1H3/b6-5+,8-7+,10-9+. The normalized spacial score (nSPS) is 11.7. The molecule has 0 amide bonds. The molecule has 0 aliphatic rings. The minimum absolute atomic E-state index is 0.114. The van der Waals surface area contributed by atoms with Gasteiger partial charge >= 0.3 is 5.97 Å². The highest BCUT2D eigenvalue weighted by atomic mass is 16.5. The maximum atomic E-state index is 11.7. The van der Waals surface area contributed by atoms with E-state index in [4.69, 9.17) is 4.74 Å². The van der Waals surface area contributed by atoms with Gasteiger partial charge in [0.25, 0.3) is 0 Å². The van der Waals surface area contributed by atoms with Gasteiger partial charge in [0.2, 0.25) is 0 Å². The van der Waals surface area contributed by atoms with Crippen molar-refractivity contribution in [3.63, 3.8) is 0 Å². The molecule has 0 aliphatic heterocycles. The minimum atomic E-state index is -0.114. The molecule has 0 fully saturated rings. The van der Waals surface area contributed by atoms with E-state index in [-0.39, 0.29) is 5.97 Å². The fourth-order valence-corrected chi connectivity index (χ4v) is 2.58. The molecule has 0 unspecified atom stereocenters. The Morgan fingerprint density at radius 2 is 1.67 bits per heavy atom. The van der Waals surface area contributed by atoms with Gasteiger partial charge in [0, 0.05) is 24.4 Å². The van der Waals surface area contributed by atoms with Gasteiger partial charge in [0.15, 0.2) is 0 Å². The number of hydrogen-bond acceptors (Lipinski definition) is 3. The summed E-state index contributed by atoms with van der Waals surface area (Å²) < 4.78 is 5.25. The molecule has 0 spiro atoms. The van der Waals surface area contributed by atoms with E-state index in [1.165, 1.54) is 38.5 Å². The summed E-state index contributed by atoms with van der Waals surface area (Å²) in [5.74, 6) is -0.114. The second kappa shape index (κ2) is 17.3. The van der Waals surface area contributed by atoms with Crippen LogP contribution in [-0.4, -0.2) is 11.0 Å². The number of carbonyl (C=O) groups excluding carboxylic acids is 1. The molecule has 0 N–H and O–H groups in total. The summed E-state index contributed by atoms with van der Waals surface area (Å²) in [7, 11) is 0. The average Bonchev–Trinajstić information content (AvgIpc) is 2.70. The molecule has 3 nitrogen and oxygen atoms in total. The van der Waals surface area contributed by atoms with Crippen molar-refractivity contribution in [2.24, 2.45) is 0 Å². The van der Waals surface area contributed by atoms with Crippen molar-refractivity contribution >= 4 is 5.97 Å². The van der Waals surface area contributed by atoms with Crippen molar-refractivity contribution in [1.29, 1.82) is 0 Å². The first kappa shape index (κ1) is 22.9. The summed E-state index contributed by atoms with van der Waals surface area (Å²) in [6, 6.07) is 3.76. The molecule has 148 valence electrons. The van der Waals surface area contributed by atoms with E-state index in [9.17, 15) is 4.79 Å². The lowest BCUT2D eigenvalue weighted by molar-refractivity contribution is -0.145. The number of allylic oxidation sites excluding steroid dienone is 6. The maximum absolute atomic E-state index is 11.7. The first-order valence-corrected chi connectivity index (χ1v) is 10.4. The smallest absolute Gasteiger partial charge is 0.306 e. The Bertz CT molecular complexity index is 561. The summed E-state index contributed by atoms with van der Waals surface area (Å²) in [4.78, 5) is 15.7. The number of rotatable bonds is 15. The summed E-state index contributed by atoms with van der Waals surface area (Å²) in [5.41, 5.74) is 0.932. The highest BCUT2D eigenvalue weighted by molar-refractivity contribution is 5.69. The fourth-order valence-electron chi connectivity index (χ4n) is 2.58. The molecule has 27 heavy (non-hydrogen) atoms. The summed E-state index contributed by atoms with van der Waals surface area (Å²) >= 11 is 0. The van der Waals surface area contributed by atoms with Crippen molar-refractivity contribution in [3.05, 3.63) is 66.5 Å². The van der Waals surface area contributed by atoms with Gasteiger partial charge in [-0.25, -0.2) is 0 Å². The number of unbranched alkanes of at least 4 members (excludes halogenated alkanes) is 7. The topological polar surface area (TPSA) is 39.2 Å². The molecule has 1 rings (SSSR count). The van der Waals surface area contributed by atoms with Crippen molar-refractivity contribution in [2.45, 2.75) is 77.7 Å². The second-order valence-electron chi connectivity index (χ2n) is 6.71. The molecule has 0 saturated heterocycles. The fraction of sp³-hybridized carbons (Fsp3) is 0.500. The molecule has 0 aromatic carbocycles. The average molecular weight is 370 g/mol. The third-order valence-electron chi connectivity index (χ3n) is 4.20. The van der Waals surface area contributed by atoms with Crippen LogP contribution >= 0.6 is 0 Å². The van der Waals surface area contributed by atoms with Gasteiger partial charge in [-0.2, -0.15) is 0 Å². The third-order valence-corrected chi connectivity index (χ3v) is 4.20. The second-order valence-corrected chi connectivity index (χ2v) is 6.71.